The quantitative estimate of drug-likeness (QED) is 0.752. The van der Waals surface area contributed by atoms with Gasteiger partial charge in [0.25, 0.3) is 0 Å². The molecule has 1 aliphatic rings. The molecule has 0 saturated carbocycles. The average Bonchev–Trinajstić information content (AvgIpc) is 3.25. The number of aromatic nitrogens is 3. The summed E-state index contributed by atoms with van der Waals surface area (Å²) in [7, 11) is 0. The van der Waals surface area contributed by atoms with Crippen LogP contribution in [0.1, 0.15) is 12.0 Å². The van der Waals surface area contributed by atoms with Crippen LogP contribution < -0.4 is 10.6 Å². The Kier molecular flexibility index (Phi) is 4.22. The lowest BCUT2D eigenvalue weighted by Gasteiger charge is -2.13. The van der Waals surface area contributed by atoms with E-state index in [0.717, 1.165) is 52.6 Å². The highest BCUT2D eigenvalue weighted by molar-refractivity contribution is 7.14. The normalized spacial score (nSPS) is 14.1. The summed E-state index contributed by atoms with van der Waals surface area (Å²) in [5.74, 6) is 0.798. The first-order valence-electron chi connectivity index (χ1n) is 7.67. The van der Waals surface area contributed by atoms with Crippen molar-refractivity contribution in [3.63, 3.8) is 0 Å². The first-order chi connectivity index (χ1) is 11.8. The van der Waals surface area contributed by atoms with Crippen molar-refractivity contribution in [2.24, 2.45) is 4.99 Å². The lowest BCUT2D eigenvalue weighted by atomic mass is 10.2. The van der Waals surface area contributed by atoms with Gasteiger partial charge in [0.1, 0.15) is 16.4 Å². The summed E-state index contributed by atoms with van der Waals surface area (Å²) in [6.07, 6.45) is 4.73. The van der Waals surface area contributed by atoms with Crippen molar-refractivity contribution in [3.05, 3.63) is 34.8 Å². The topological polar surface area (TPSA) is 75.1 Å². The number of aryl methyl sites for hydroxylation is 1. The zero-order valence-corrected chi connectivity index (χ0v) is 14.7. The highest BCUT2D eigenvalue weighted by atomic mass is 32.1. The molecular weight excluding hydrogens is 340 g/mol. The Bertz CT molecular complexity index is 882. The van der Waals surface area contributed by atoms with Gasteiger partial charge in [-0.05, 0) is 25.0 Å². The van der Waals surface area contributed by atoms with Crippen molar-refractivity contribution in [2.75, 3.05) is 18.4 Å². The molecular formula is C16H16N6S2. The van der Waals surface area contributed by atoms with Gasteiger partial charge in [-0.2, -0.15) is 0 Å². The number of guanidine groups is 1. The molecule has 0 aromatic carbocycles. The number of nitrogens with one attached hydrogen (secondary N) is 2. The lowest BCUT2D eigenvalue weighted by Crippen LogP contribution is -2.35. The fourth-order valence-electron chi connectivity index (χ4n) is 2.37. The zero-order chi connectivity index (χ0) is 16.4. The molecule has 0 aliphatic carbocycles. The van der Waals surface area contributed by atoms with E-state index in [1.807, 2.05) is 23.0 Å². The van der Waals surface area contributed by atoms with Crippen molar-refractivity contribution in [2.45, 2.75) is 13.3 Å². The molecule has 8 heteroatoms. The molecule has 122 valence electrons. The molecule has 6 nitrogen and oxygen atoms in total. The number of rotatable bonds is 3. The summed E-state index contributed by atoms with van der Waals surface area (Å²) >= 11 is 3.17. The van der Waals surface area contributed by atoms with E-state index in [0.29, 0.717) is 0 Å². The third-order valence-corrected chi connectivity index (χ3v) is 5.30. The molecule has 1 aliphatic heterocycles. The number of aliphatic imine (C=N–C) groups is 1. The minimum absolute atomic E-state index is 0.798. The number of hydrogen-bond donors (Lipinski definition) is 2. The summed E-state index contributed by atoms with van der Waals surface area (Å²) in [5.41, 5.74) is 4.01. The predicted molar refractivity (Wildman–Crippen MR) is 99.7 cm³/mol. The number of pyridine rings is 1. The van der Waals surface area contributed by atoms with Gasteiger partial charge in [0, 0.05) is 41.8 Å². The van der Waals surface area contributed by atoms with Crippen LogP contribution in [0.15, 0.2) is 34.2 Å². The summed E-state index contributed by atoms with van der Waals surface area (Å²) in [4.78, 5) is 17.9. The van der Waals surface area contributed by atoms with E-state index in [1.165, 1.54) is 5.56 Å². The molecule has 0 spiro atoms. The third-order valence-electron chi connectivity index (χ3n) is 3.66. The molecule has 0 radical (unpaired) electrons. The highest BCUT2D eigenvalue weighted by Crippen LogP contribution is 2.31. The minimum atomic E-state index is 0.798. The average molecular weight is 356 g/mol. The zero-order valence-electron chi connectivity index (χ0n) is 13.1. The Morgan fingerprint density at radius 3 is 2.88 bits per heavy atom. The van der Waals surface area contributed by atoms with Crippen LogP contribution in [0.3, 0.4) is 0 Å². The molecule has 4 heterocycles. The molecule has 0 fully saturated rings. The molecule has 0 atom stereocenters. The molecule has 3 aromatic rings. The van der Waals surface area contributed by atoms with E-state index < -0.39 is 0 Å². The Labute approximate surface area is 147 Å². The molecule has 4 rings (SSSR count). The van der Waals surface area contributed by atoms with Crippen LogP contribution in [0.4, 0.5) is 5.13 Å². The van der Waals surface area contributed by atoms with Gasteiger partial charge in [-0.3, -0.25) is 9.98 Å². The van der Waals surface area contributed by atoms with Gasteiger partial charge in [-0.25, -0.2) is 9.97 Å². The second kappa shape index (κ2) is 6.66. The van der Waals surface area contributed by atoms with Gasteiger partial charge in [0.05, 0.1) is 0 Å². The summed E-state index contributed by atoms with van der Waals surface area (Å²) in [5, 5.41) is 12.3. The molecule has 0 unspecified atom stereocenters. The summed E-state index contributed by atoms with van der Waals surface area (Å²) in [6, 6.07) is 2.00. The monoisotopic (exact) mass is 356 g/mol. The third kappa shape index (κ3) is 3.15. The van der Waals surface area contributed by atoms with Crippen LogP contribution in [0.25, 0.3) is 22.0 Å². The van der Waals surface area contributed by atoms with E-state index in [4.69, 9.17) is 4.98 Å². The highest BCUT2D eigenvalue weighted by Gasteiger charge is 2.13. The van der Waals surface area contributed by atoms with Crippen LogP contribution in [0, 0.1) is 6.92 Å². The molecule has 2 N–H and O–H groups in total. The number of nitrogens with zero attached hydrogens (tertiary/aromatic N) is 4. The summed E-state index contributed by atoms with van der Waals surface area (Å²) < 4.78 is 0. The maximum absolute atomic E-state index is 4.72. The Balaban J connectivity index is 1.55. The number of anilines is 1. The molecule has 0 bridgehead atoms. The van der Waals surface area contributed by atoms with E-state index in [9.17, 15) is 0 Å². The van der Waals surface area contributed by atoms with E-state index in [1.54, 1.807) is 28.9 Å². The van der Waals surface area contributed by atoms with Gasteiger partial charge in [0.2, 0.25) is 0 Å². The van der Waals surface area contributed by atoms with Crippen LogP contribution in [-0.2, 0) is 0 Å². The minimum Gasteiger partial charge on any atom is -0.356 e. The van der Waals surface area contributed by atoms with Crippen LogP contribution in [0.5, 0.6) is 0 Å². The molecule has 0 saturated heterocycles. The Morgan fingerprint density at radius 2 is 2.04 bits per heavy atom. The van der Waals surface area contributed by atoms with Gasteiger partial charge in [0.15, 0.2) is 11.1 Å². The van der Waals surface area contributed by atoms with E-state index in [-0.39, 0.29) is 0 Å². The van der Waals surface area contributed by atoms with E-state index in [2.05, 4.69) is 32.5 Å². The Hall–Kier alpha value is -2.32. The number of hydrogen-bond acceptors (Lipinski definition) is 8. The summed E-state index contributed by atoms with van der Waals surface area (Å²) in [6.45, 7) is 3.87. The van der Waals surface area contributed by atoms with Crippen molar-refractivity contribution < 1.29 is 0 Å². The standard InChI is InChI=1S/C16H16N6S2/c1-10-3-6-17-7-11(10)14-20-12(8-23-14)13-9-24-16(21-13)22-15-18-4-2-5-19-15/h3,6-9H,2,4-5H2,1H3,(H2,18,19,21,22). The van der Waals surface area contributed by atoms with Crippen molar-refractivity contribution in [1.82, 2.24) is 20.3 Å². The van der Waals surface area contributed by atoms with Crippen molar-refractivity contribution >= 4 is 33.8 Å². The van der Waals surface area contributed by atoms with Gasteiger partial charge >= 0.3 is 0 Å². The maximum Gasteiger partial charge on any atom is 0.197 e. The van der Waals surface area contributed by atoms with Gasteiger partial charge in [-0.1, -0.05) is 0 Å². The molecule has 24 heavy (non-hydrogen) atoms. The molecule has 0 amide bonds. The lowest BCUT2D eigenvalue weighted by molar-refractivity contribution is 0.740. The van der Waals surface area contributed by atoms with Crippen LogP contribution in [0.2, 0.25) is 0 Å². The van der Waals surface area contributed by atoms with Crippen molar-refractivity contribution in [1.29, 1.82) is 0 Å². The SMILES string of the molecule is Cc1ccncc1-c1nc(-c2csc(NC3=NCCCN3)n2)cs1. The smallest absolute Gasteiger partial charge is 0.197 e. The second-order valence-corrected chi connectivity index (χ2v) is 7.12. The molecule has 3 aromatic heterocycles. The van der Waals surface area contributed by atoms with Crippen molar-refractivity contribution in [3.8, 4) is 22.0 Å². The first kappa shape index (κ1) is 15.2. The van der Waals surface area contributed by atoms with Crippen LogP contribution >= 0.6 is 22.7 Å². The fourth-order valence-corrected chi connectivity index (χ4v) is 3.96. The second-order valence-electron chi connectivity index (χ2n) is 5.40. The van der Waals surface area contributed by atoms with Crippen LogP contribution in [-0.4, -0.2) is 34.0 Å². The fraction of sp³-hybridized carbons (Fsp3) is 0.250. The van der Waals surface area contributed by atoms with E-state index >= 15 is 0 Å². The van der Waals surface area contributed by atoms with Gasteiger partial charge < -0.3 is 10.6 Å². The van der Waals surface area contributed by atoms with Gasteiger partial charge in [-0.15, -0.1) is 22.7 Å². The predicted octanol–water partition coefficient (Wildman–Crippen LogP) is 3.40. The largest absolute Gasteiger partial charge is 0.356 e. The maximum atomic E-state index is 4.72. The Morgan fingerprint density at radius 1 is 1.17 bits per heavy atom. The number of thiazole rings is 2. The first-order valence-corrected chi connectivity index (χ1v) is 9.43.